The third kappa shape index (κ3) is 2.66. The van der Waals surface area contributed by atoms with E-state index in [0.717, 1.165) is 11.3 Å². The maximum absolute atomic E-state index is 12.3. The molecular weight excluding hydrogens is 356 g/mol. The monoisotopic (exact) mass is 368 g/mol. The average molecular weight is 369 g/mol. The highest BCUT2D eigenvalue weighted by atomic mass is 35.5. The van der Waals surface area contributed by atoms with Gasteiger partial charge in [0.25, 0.3) is 0 Å². The molecule has 3 heterocycles. The van der Waals surface area contributed by atoms with Crippen LogP contribution < -0.4 is 4.90 Å². The first-order chi connectivity index (χ1) is 10.9. The van der Waals surface area contributed by atoms with Crippen molar-refractivity contribution < 1.29 is 13.2 Å². The molecule has 0 aliphatic carbocycles. The summed E-state index contributed by atoms with van der Waals surface area (Å²) in [6.45, 7) is 0. The summed E-state index contributed by atoms with van der Waals surface area (Å²) in [4.78, 5) is 18.4. The van der Waals surface area contributed by atoms with Crippen LogP contribution in [-0.2, 0) is 14.6 Å². The first-order valence-corrected chi connectivity index (χ1v) is 10.2. The summed E-state index contributed by atoms with van der Waals surface area (Å²) in [6.07, 6.45) is 0.291. The second kappa shape index (κ2) is 5.29. The number of halogens is 1. The van der Waals surface area contributed by atoms with Gasteiger partial charge in [0.2, 0.25) is 5.91 Å². The van der Waals surface area contributed by atoms with E-state index < -0.39 is 9.84 Å². The number of carbonyl (C=O) groups is 1. The number of sulfone groups is 1. The SMILES string of the molecule is O=C1C[C@@H]2CS(=O)(=O)C[C@@H]2N1c1nc(-c2ccc(Cl)cc2)cs1. The first kappa shape index (κ1) is 15.1. The summed E-state index contributed by atoms with van der Waals surface area (Å²) in [5, 5.41) is 3.10. The normalized spacial score (nSPS) is 25.8. The minimum atomic E-state index is -3.05. The number of amides is 1. The molecule has 120 valence electrons. The van der Waals surface area contributed by atoms with Crippen molar-refractivity contribution in [2.24, 2.45) is 5.92 Å². The molecule has 2 aliphatic heterocycles. The van der Waals surface area contributed by atoms with Crippen molar-refractivity contribution in [3.05, 3.63) is 34.7 Å². The molecule has 1 aromatic carbocycles. The molecule has 2 aromatic rings. The van der Waals surface area contributed by atoms with Crippen LogP contribution in [0.15, 0.2) is 29.6 Å². The molecule has 5 nitrogen and oxygen atoms in total. The van der Waals surface area contributed by atoms with Gasteiger partial charge in [-0.2, -0.15) is 0 Å². The van der Waals surface area contributed by atoms with Gasteiger partial charge in [-0.1, -0.05) is 23.7 Å². The number of benzene rings is 1. The summed E-state index contributed by atoms with van der Waals surface area (Å²) in [5.41, 5.74) is 1.68. The Labute approximate surface area is 142 Å². The van der Waals surface area contributed by atoms with Crippen LogP contribution in [0.25, 0.3) is 11.3 Å². The van der Waals surface area contributed by atoms with Crippen molar-refractivity contribution in [2.75, 3.05) is 16.4 Å². The van der Waals surface area contributed by atoms with Gasteiger partial charge < -0.3 is 0 Å². The van der Waals surface area contributed by atoms with Crippen LogP contribution in [-0.4, -0.2) is 36.9 Å². The predicted molar refractivity (Wildman–Crippen MR) is 90.6 cm³/mol. The van der Waals surface area contributed by atoms with Crippen molar-refractivity contribution in [1.29, 1.82) is 0 Å². The summed E-state index contributed by atoms with van der Waals surface area (Å²) in [7, 11) is -3.05. The Balaban J connectivity index is 1.66. The highest BCUT2D eigenvalue weighted by molar-refractivity contribution is 7.91. The molecule has 2 saturated heterocycles. The molecule has 0 bridgehead atoms. The van der Waals surface area contributed by atoms with E-state index in [2.05, 4.69) is 4.98 Å². The Bertz CT molecular complexity index is 876. The van der Waals surface area contributed by atoms with Crippen molar-refractivity contribution in [2.45, 2.75) is 12.5 Å². The zero-order chi connectivity index (χ0) is 16.2. The summed E-state index contributed by atoms with van der Waals surface area (Å²) in [5.74, 6) is 0.0106. The van der Waals surface area contributed by atoms with E-state index >= 15 is 0 Å². The molecule has 1 aromatic heterocycles. The van der Waals surface area contributed by atoms with Crippen LogP contribution in [0, 0.1) is 5.92 Å². The lowest BCUT2D eigenvalue weighted by molar-refractivity contribution is -0.117. The molecule has 2 fully saturated rings. The molecule has 8 heteroatoms. The number of hydrogen-bond donors (Lipinski definition) is 0. The minimum Gasteiger partial charge on any atom is -0.284 e. The van der Waals surface area contributed by atoms with E-state index in [1.165, 1.54) is 11.3 Å². The van der Waals surface area contributed by atoms with Crippen LogP contribution in [0.1, 0.15) is 6.42 Å². The number of fused-ring (bicyclic) bond motifs is 1. The highest BCUT2D eigenvalue weighted by Crippen LogP contribution is 2.39. The molecule has 1 amide bonds. The van der Waals surface area contributed by atoms with Gasteiger partial charge in [0.15, 0.2) is 15.0 Å². The maximum atomic E-state index is 12.3. The number of rotatable bonds is 2. The molecule has 0 N–H and O–H groups in total. The topological polar surface area (TPSA) is 67.3 Å². The minimum absolute atomic E-state index is 0.0353. The van der Waals surface area contributed by atoms with Crippen molar-refractivity contribution >= 4 is 43.8 Å². The Morgan fingerprint density at radius 2 is 1.96 bits per heavy atom. The maximum Gasteiger partial charge on any atom is 0.229 e. The van der Waals surface area contributed by atoms with Gasteiger partial charge in [-0.25, -0.2) is 13.4 Å². The van der Waals surface area contributed by atoms with Crippen LogP contribution in [0.5, 0.6) is 0 Å². The Morgan fingerprint density at radius 3 is 2.70 bits per heavy atom. The molecule has 4 rings (SSSR count). The lowest BCUT2D eigenvalue weighted by Crippen LogP contribution is -2.36. The standard InChI is InChI=1S/C15H13ClN2O3S2/c16-11-3-1-9(2-4-11)12-6-22-15(17-12)18-13-8-23(20,21)7-10(13)5-14(18)19/h1-4,6,10,13H,5,7-8H2/t10-,13+/m1/s1. The third-order valence-corrected chi connectivity index (χ3v) is 7.19. The van der Waals surface area contributed by atoms with E-state index in [4.69, 9.17) is 11.6 Å². The van der Waals surface area contributed by atoms with Gasteiger partial charge in [0.1, 0.15) is 0 Å². The smallest absolute Gasteiger partial charge is 0.229 e. The third-order valence-electron chi connectivity index (χ3n) is 4.31. The van der Waals surface area contributed by atoms with Gasteiger partial charge in [-0.05, 0) is 12.1 Å². The zero-order valence-electron chi connectivity index (χ0n) is 12.0. The van der Waals surface area contributed by atoms with Crippen molar-refractivity contribution in [3.63, 3.8) is 0 Å². The Kier molecular flexibility index (Phi) is 3.48. The van der Waals surface area contributed by atoms with E-state index in [-0.39, 0.29) is 29.4 Å². The Morgan fingerprint density at radius 1 is 1.22 bits per heavy atom. The second-order valence-electron chi connectivity index (χ2n) is 5.89. The van der Waals surface area contributed by atoms with E-state index in [0.29, 0.717) is 16.6 Å². The fourth-order valence-electron chi connectivity index (χ4n) is 3.27. The molecule has 0 unspecified atom stereocenters. The first-order valence-electron chi connectivity index (χ1n) is 7.17. The molecule has 0 spiro atoms. The number of carbonyl (C=O) groups excluding carboxylic acids is 1. The van der Waals surface area contributed by atoms with Gasteiger partial charge >= 0.3 is 0 Å². The fourth-order valence-corrected chi connectivity index (χ4v) is 6.37. The summed E-state index contributed by atoms with van der Waals surface area (Å²) in [6, 6.07) is 7.05. The summed E-state index contributed by atoms with van der Waals surface area (Å²) < 4.78 is 23.6. The van der Waals surface area contributed by atoms with Crippen LogP contribution in [0.3, 0.4) is 0 Å². The molecular formula is C15H13ClN2O3S2. The number of nitrogens with zero attached hydrogens (tertiary/aromatic N) is 2. The van der Waals surface area contributed by atoms with E-state index in [1.807, 2.05) is 17.5 Å². The number of thiazole rings is 1. The average Bonchev–Trinajstić information content (AvgIpc) is 3.12. The van der Waals surface area contributed by atoms with Gasteiger partial charge in [-0.3, -0.25) is 9.69 Å². The van der Waals surface area contributed by atoms with Gasteiger partial charge in [0, 0.05) is 28.3 Å². The molecule has 23 heavy (non-hydrogen) atoms. The number of hydrogen-bond acceptors (Lipinski definition) is 5. The van der Waals surface area contributed by atoms with Crippen LogP contribution >= 0.6 is 22.9 Å². The molecule has 0 radical (unpaired) electrons. The largest absolute Gasteiger partial charge is 0.284 e. The fraction of sp³-hybridized carbons (Fsp3) is 0.333. The quantitative estimate of drug-likeness (QED) is 0.817. The molecule has 0 saturated carbocycles. The lowest BCUT2D eigenvalue weighted by Gasteiger charge is -2.19. The number of anilines is 1. The van der Waals surface area contributed by atoms with Crippen molar-refractivity contribution in [1.82, 2.24) is 4.98 Å². The van der Waals surface area contributed by atoms with E-state index in [9.17, 15) is 13.2 Å². The summed E-state index contributed by atoms with van der Waals surface area (Å²) >= 11 is 7.25. The van der Waals surface area contributed by atoms with Crippen molar-refractivity contribution in [3.8, 4) is 11.3 Å². The number of aromatic nitrogens is 1. The second-order valence-corrected chi connectivity index (χ2v) is 9.32. The zero-order valence-corrected chi connectivity index (χ0v) is 14.4. The highest BCUT2D eigenvalue weighted by Gasteiger charge is 2.50. The Hall–Kier alpha value is -1.44. The predicted octanol–water partition coefficient (Wildman–Crippen LogP) is 2.61. The van der Waals surface area contributed by atoms with Crippen LogP contribution in [0.4, 0.5) is 5.13 Å². The molecule has 2 atom stereocenters. The lowest BCUT2D eigenvalue weighted by atomic mass is 10.1. The van der Waals surface area contributed by atoms with Gasteiger partial charge in [0.05, 0.1) is 23.2 Å². The molecule has 2 aliphatic rings. The van der Waals surface area contributed by atoms with E-state index in [1.54, 1.807) is 17.0 Å². The van der Waals surface area contributed by atoms with Gasteiger partial charge in [-0.15, -0.1) is 11.3 Å². The van der Waals surface area contributed by atoms with Crippen LogP contribution in [0.2, 0.25) is 5.02 Å².